The first-order valence-electron chi connectivity index (χ1n) is 4.08. The molecule has 3 nitrogen and oxygen atoms in total. The van der Waals surface area contributed by atoms with Gasteiger partial charge < -0.3 is 4.74 Å². The molecule has 0 aliphatic rings. The minimum Gasteiger partial charge on any atom is -0.381 e. The summed E-state index contributed by atoms with van der Waals surface area (Å²) in [6.45, 7) is 3.09. The monoisotopic (exact) mass is 167 g/mol. The van der Waals surface area contributed by atoms with Crippen LogP contribution in [0.3, 0.4) is 0 Å². The Morgan fingerprint density at radius 3 is 2.67 bits per heavy atom. The molecule has 0 spiro atoms. The van der Waals surface area contributed by atoms with Crippen LogP contribution < -0.4 is 0 Å². The molecular weight excluding hydrogens is 154 g/mol. The molecule has 0 saturated carbocycles. The zero-order valence-electron chi connectivity index (χ0n) is 7.19. The van der Waals surface area contributed by atoms with E-state index in [4.69, 9.17) is 4.74 Å². The summed E-state index contributed by atoms with van der Waals surface area (Å²) in [5, 5.41) is 0. The predicted molar refractivity (Wildman–Crippen MR) is 46.2 cm³/mol. The van der Waals surface area contributed by atoms with Gasteiger partial charge in [-0.15, -0.1) is 0 Å². The second-order valence-electron chi connectivity index (χ2n) is 2.43. The Kier molecular flexibility index (Phi) is 3.54. The molecule has 0 aliphatic carbocycles. The van der Waals surface area contributed by atoms with Gasteiger partial charge >= 0.3 is 0 Å². The number of carbonyl (C=O) groups excluding carboxylic acids is 1. The quantitative estimate of drug-likeness (QED) is 0.637. The summed E-state index contributed by atoms with van der Waals surface area (Å²) in [5.41, 5.74) is 0. The van der Waals surface area contributed by atoms with Crippen molar-refractivity contribution in [3.05, 3.63) is 24.5 Å². The van der Waals surface area contributed by atoms with Crippen molar-refractivity contribution in [2.75, 3.05) is 13.2 Å². The first kappa shape index (κ1) is 9.00. The summed E-state index contributed by atoms with van der Waals surface area (Å²) >= 11 is 0. The molecule has 1 aromatic heterocycles. The molecule has 0 amide bonds. The number of hydrogen-bond acceptors (Lipinski definition) is 2. The molecule has 0 N–H and O–H groups in total. The summed E-state index contributed by atoms with van der Waals surface area (Å²) in [5.74, 6) is 0.0773. The molecule has 12 heavy (non-hydrogen) atoms. The van der Waals surface area contributed by atoms with Gasteiger partial charge in [-0.3, -0.25) is 9.36 Å². The molecule has 0 unspecified atom stereocenters. The smallest absolute Gasteiger partial charge is 0.232 e. The van der Waals surface area contributed by atoms with Crippen LogP contribution in [0, 0.1) is 0 Å². The molecule has 66 valence electrons. The van der Waals surface area contributed by atoms with Crippen LogP contribution in [0.2, 0.25) is 0 Å². The molecule has 1 aromatic rings. The Bertz CT molecular complexity index is 229. The molecule has 0 aliphatic heterocycles. The second-order valence-corrected chi connectivity index (χ2v) is 2.43. The van der Waals surface area contributed by atoms with Crippen LogP contribution in [-0.4, -0.2) is 23.7 Å². The Hall–Kier alpha value is -1.09. The second kappa shape index (κ2) is 4.72. The molecule has 0 atom stereocenters. The van der Waals surface area contributed by atoms with Gasteiger partial charge in [0.15, 0.2) is 0 Å². The van der Waals surface area contributed by atoms with Crippen LogP contribution >= 0.6 is 0 Å². The van der Waals surface area contributed by atoms with Crippen LogP contribution in [0.25, 0.3) is 0 Å². The highest BCUT2D eigenvalue weighted by Gasteiger charge is 2.01. The molecule has 0 radical (unpaired) electrons. The number of rotatable bonds is 4. The zero-order chi connectivity index (χ0) is 8.81. The fourth-order valence-electron chi connectivity index (χ4n) is 0.934. The SMILES string of the molecule is CCOCCC(=O)n1cccc1. The van der Waals surface area contributed by atoms with E-state index in [0.29, 0.717) is 19.6 Å². The average molecular weight is 167 g/mol. The van der Waals surface area contributed by atoms with Gasteiger partial charge in [0.05, 0.1) is 13.0 Å². The Balaban J connectivity index is 2.30. The van der Waals surface area contributed by atoms with Crippen LogP contribution in [-0.2, 0) is 4.74 Å². The highest BCUT2D eigenvalue weighted by Crippen LogP contribution is 1.94. The van der Waals surface area contributed by atoms with E-state index in [-0.39, 0.29) is 5.91 Å². The van der Waals surface area contributed by atoms with Crippen LogP contribution in [0.4, 0.5) is 0 Å². The average Bonchev–Trinajstić information content (AvgIpc) is 2.56. The first-order chi connectivity index (χ1) is 5.84. The van der Waals surface area contributed by atoms with Crippen molar-refractivity contribution in [3.8, 4) is 0 Å². The first-order valence-corrected chi connectivity index (χ1v) is 4.08. The lowest BCUT2D eigenvalue weighted by Gasteiger charge is -2.01. The molecule has 0 saturated heterocycles. The van der Waals surface area contributed by atoms with Crippen molar-refractivity contribution < 1.29 is 9.53 Å². The van der Waals surface area contributed by atoms with E-state index in [1.807, 2.05) is 19.1 Å². The molecular formula is C9H13NO2. The highest BCUT2D eigenvalue weighted by molar-refractivity contribution is 5.78. The summed E-state index contributed by atoms with van der Waals surface area (Å²) in [6.07, 6.45) is 3.94. The van der Waals surface area contributed by atoms with Crippen molar-refractivity contribution in [3.63, 3.8) is 0 Å². The van der Waals surface area contributed by atoms with Crippen LogP contribution in [0.15, 0.2) is 24.5 Å². The molecule has 1 heterocycles. The fraction of sp³-hybridized carbons (Fsp3) is 0.444. The minimum atomic E-state index is 0.0773. The van der Waals surface area contributed by atoms with Gasteiger partial charge in [-0.25, -0.2) is 0 Å². The third kappa shape index (κ3) is 2.51. The Labute approximate surface area is 72.0 Å². The molecule has 1 rings (SSSR count). The lowest BCUT2D eigenvalue weighted by atomic mass is 10.4. The van der Waals surface area contributed by atoms with Crippen LogP contribution in [0.5, 0.6) is 0 Å². The topological polar surface area (TPSA) is 31.2 Å². The Morgan fingerprint density at radius 2 is 2.08 bits per heavy atom. The fourth-order valence-corrected chi connectivity index (χ4v) is 0.934. The lowest BCUT2D eigenvalue weighted by Crippen LogP contribution is -2.11. The van der Waals surface area contributed by atoms with Gasteiger partial charge in [0.2, 0.25) is 5.91 Å². The van der Waals surface area contributed by atoms with Gasteiger partial charge in [-0.1, -0.05) is 0 Å². The van der Waals surface area contributed by atoms with E-state index in [2.05, 4.69) is 0 Å². The lowest BCUT2D eigenvalue weighted by molar-refractivity contribution is 0.0818. The summed E-state index contributed by atoms with van der Waals surface area (Å²) in [4.78, 5) is 11.3. The normalized spacial score (nSPS) is 10.1. The third-order valence-electron chi connectivity index (χ3n) is 1.56. The maximum absolute atomic E-state index is 11.3. The number of nitrogens with zero attached hydrogens (tertiary/aromatic N) is 1. The van der Waals surface area contributed by atoms with Crippen LogP contribution in [0.1, 0.15) is 18.1 Å². The highest BCUT2D eigenvalue weighted by atomic mass is 16.5. The Morgan fingerprint density at radius 1 is 1.42 bits per heavy atom. The number of ether oxygens (including phenoxy) is 1. The summed E-state index contributed by atoms with van der Waals surface area (Å²) < 4.78 is 6.64. The number of carbonyl (C=O) groups is 1. The van der Waals surface area contributed by atoms with Gasteiger partial charge in [0.25, 0.3) is 0 Å². The van der Waals surface area contributed by atoms with E-state index in [1.165, 1.54) is 0 Å². The van der Waals surface area contributed by atoms with Crippen molar-refractivity contribution in [2.24, 2.45) is 0 Å². The van der Waals surface area contributed by atoms with Gasteiger partial charge in [-0.2, -0.15) is 0 Å². The summed E-state index contributed by atoms with van der Waals surface area (Å²) in [7, 11) is 0. The van der Waals surface area contributed by atoms with Gasteiger partial charge in [-0.05, 0) is 19.1 Å². The van der Waals surface area contributed by atoms with Gasteiger partial charge in [0, 0.05) is 19.0 Å². The number of hydrogen-bond donors (Lipinski definition) is 0. The standard InChI is InChI=1S/C9H13NO2/c1-2-12-8-5-9(11)10-6-3-4-7-10/h3-4,6-7H,2,5,8H2,1H3. The van der Waals surface area contributed by atoms with Crippen molar-refractivity contribution in [1.82, 2.24) is 4.57 Å². The van der Waals surface area contributed by atoms with E-state index in [0.717, 1.165) is 0 Å². The van der Waals surface area contributed by atoms with Crippen molar-refractivity contribution in [2.45, 2.75) is 13.3 Å². The maximum Gasteiger partial charge on any atom is 0.232 e. The molecule has 0 bridgehead atoms. The van der Waals surface area contributed by atoms with E-state index in [9.17, 15) is 4.79 Å². The van der Waals surface area contributed by atoms with Gasteiger partial charge in [0.1, 0.15) is 0 Å². The van der Waals surface area contributed by atoms with Crippen molar-refractivity contribution in [1.29, 1.82) is 0 Å². The van der Waals surface area contributed by atoms with E-state index in [1.54, 1.807) is 17.0 Å². The zero-order valence-corrected chi connectivity index (χ0v) is 7.19. The largest absolute Gasteiger partial charge is 0.381 e. The number of aromatic nitrogens is 1. The molecule has 0 aromatic carbocycles. The summed E-state index contributed by atoms with van der Waals surface area (Å²) in [6, 6.07) is 3.66. The van der Waals surface area contributed by atoms with Crippen molar-refractivity contribution >= 4 is 5.91 Å². The maximum atomic E-state index is 11.3. The minimum absolute atomic E-state index is 0.0773. The van der Waals surface area contributed by atoms with E-state index >= 15 is 0 Å². The molecule has 3 heteroatoms. The predicted octanol–water partition coefficient (Wildman–Crippen LogP) is 1.55. The van der Waals surface area contributed by atoms with E-state index < -0.39 is 0 Å². The molecule has 0 fully saturated rings. The third-order valence-corrected chi connectivity index (χ3v) is 1.56.